The van der Waals surface area contributed by atoms with E-state index < -0.39 is 11.8 Å². The maximum absolute atomic E-state index is 13.2. The third kappa shape index (κ3) is 2.38. The molecule has 0 aliphatic carbocycles. The number of rotatable bonds is 3. The van der Waals surface area contributed by atoms with Gasteiger partial charge in [0, 0.05) is 25.8 Å². The average Bonchev–Trinajstić information content (AvgIpc) is 2.78. The summed E-state index contributed by atoms with van der Waals surface area (Å²) in [5, 5.41) is 11.2. The van der Waals surface area contributed by atoms with Crippen LogP contribution in [-0.4, -0.2) is 28.7 Å². The molecule has 1 aromatic carbocycles. The lowest BCUT2D eigenvalue weighted by Crippen LogP contribution is -2.29. The third-order valence-electron chi connectivity index (χ3n) is 3.67. The Morgan fingerprint density at radius 1 is 1.45 bits per heavy atom. The number of carboxylic acids is 1. The number of hydrogen-bond acceptors (Lipinski definition) is 4. The van der Waals surface area contributed by atoms with Crippen LogP contribution >= 0.6 is 0 Å². The first-order chi connectivity index (χ1) is 9.65. The first kappa shape index (κ1) is 13.1. The van der Waals surface area contributed by atoms with Gasteiger partial charge in [0.25, 0.3) is 0 Å². The number of aromatic nitrogens is 2. The van der Waals surface area contributed by atoms with Crippen LogP contribution in [0.2, 0.25) is 0 Å². The van der Waals surface area contributed by atoms with E-state index in [4.69, 9.17) is 4.74 Å². The number of hydrogen-bond donors (Lipinski definition) is 0. The van der Waals surface area contributed by atoms with Gasteiger partial charge in [0.05, 0.1) is 11.0 Å². The molecule has 1 aromatic heterocycles. The summed E-state index contributed by atoms with van der Waals surface area (Å²) in [5.74, 6) is -1.58. The van der Waals surface area contributed by atoms with Crippen LogP contribution in [0.25, 0.3) is 11.0 Å². The molecule has 5 nitrogen and oxygen atoms in total. The van der Waals surface area contributed by atoms with Gasteiger partial charge in [0.2, 0.25) is 0 Å². The molecule has 1 saturated heterocycles. The normalized spacial score (nSPS) is 16.6. The Labute approximate surface area is 115 Å². The van der Waals surface area contributed by atoms with E-state index in [1.165, 1.54) is 12.1 Å². The highest BCUT2D eigenvalue weighted by atomic mass is 19.1. The molecule has 6 heteroatoms. The van der Waals surface area contributed by atoms with Crippen molar-refractivity contribution in [3.63, 3.8) is 0 Å². The predicted octanol–water partition coefficient (Wildman–Crippen LogP) is 0.965. The van der Waals surface area contributed by atoms with Crippen LogP contribution in [0.15, 0.2) is 18.2 Å². The Balaban J connectivity index is 2.01. The lowest BCUT2D eigenvalue weighted by molar-refractivity contribution is -0.256. The van der Waals surface area contributed by atoms with Crippen molar-refractivity contribution in [2.24, 2.45) is 5.92 Å². The molecule has 1 fully saturated rings. The van der Waals surface area contributed by atoms with Crippen molar-refractivity contribution >= 4 is 17.0 Å². The first-order valence-electron chi connectivity index (χ1n) is 6.60. The van der Waals surface area contributed by atoms with Crippen molar-refractivity contribution in [3.05, 3.63) is 29.8 Å². The monoisotopic (exact) mass is 277 g/mol. The zero-order chi connectivity index (χ0) is 14.1. The number of carbonyl (C=O) groups excluding carboxylic acids is 1. The number of ether oxygens (including phenoxy) is 1. The molecular formula is C14H14FN2O3-. The van der Waals surface area contributed by atoms with E-state index in [-0.39, 0.29) is 5.82 Å². The summed E-state index contributed by atoms with van der Waals surface area (Å²) in [7, 11) is 0. The lowest BCUT2D eigenvalue weighted by Gasteiger charge is -2.23. The van der Waals surface area contributed by atoms with Crippen molar-refractivity contribution in [3.8, 4) is 0 Å². The van der Waals surface area contributed by atoms with Gasteiger partial charge >= 0.3 is 0 Å². The second kappa shape index (κ2) is 5.20. The summed E-state index contributed by atoms with van der Waals surface area (Å²) in [6.07, 6.45) is 1.76. The zero-order valence-electron chi connectivity index (χ0n) is 10.8. The summed E-state index contributed by atoms with van der Waals surface area (Å²) in [6.45, 7) is 1.91. The van der Waals surface area contributed by atoms with Crippen molar-refractivity contribution < 1.29 is 19.0 Å². The topological polar surface area (TPSA) is 67.2 Å². The second-order valence-corrected chi connectivity index (χ2v) is 5.02. The molecule has 3 rings (SSSR count). The molecule has 0 N–H and O–H groups in total. The highest BCUT2D eigenvalue weighted by molar-refractivity contribution is 5.88. The number of nitrogens with zero attached hydrogens (tertiary/aromatic N) is 2. The summed E-state index contributed by atoms with van der Waals surface area (Å²) in [5.41, 5.74) is 0.966. The fourth-order valence-electron chi connectivity index (χ4n) is 2.63. The molecule has 0 radical (unpaired) electrons. The van der Waals surface area contributed by atoms with Crippen LogP contribution in [0, 0.1) is 11.7 Å². The predicted molar refractivity (Wildman–Crippen MR) is 67.6 cm³/mol. The number of fused-ring (bicyclic) bond motifs is 1. The highest BCUT2D eigenvalue weighted by Gasteiger charge is 2.19. The van der Waals surface area contributed by atoms with Crippen molar-refractivity contribution in [1.29, 1.82) is 0 Å². The molecule has 0 amide bonds. The van der Waals surface area contributed by atoms with E-state index in [1.54, 1.807) is 10.6 Å². The molecule has 0 unspecified atom stereocenters. The van der Waals surface area contributed by atoms with Gasteiger partial charge in [-0.05, 0) is 30.9 Å². The Morgan fingerprint density at radius 2 is 2.20 bits per heavy atom. The van der Waals surface area contributed by atoms with Crippen molar-refractivity contribution in [2.45, 2.75) is 19.4 Å². The van der Waals surface area contributed by atoms with E-state index in [1.807, 2.05) is 0 Å². The highest BCUT2D eigenvalue weighted by Crippen LogP contribution is 2.23. The average molecular weight is 277 g/mol. The molecule has 1 aliphatic heterocycles. The van der Waals surface area contributed by atoms with Crippen molar-refractivity contribution in [1.82, 2.24) is 9.55 Å². The van der Waals surface area contributed by atoms with Gasteiger partial charge in [-0.3, -0.25) is 0 Å². The van der Waals surface area contributed by atoms with Gasteiger partial charge in [-0.25, -0.2) is 9.37 Å². The van der Waals surface area contributed by atoms with Crippen LogP contribution in [0.5, 0.6) is 0 Å². The molecule has 106 valence electrons. The van der Waals surface area contributed by atoms with Gasteiger partial charge in [0.1, 0.15) is 11.8 Å². The summed E-state index contributed by atoms with van der Waals surface area (Å²) in [6, 6.07) is 4.11. The Morgan fingerprint density at radius 3 is 2.90 bits per heavy atom. The van der Waals surface area contributed by atoms with Gasteiger partial charge in [-0.2, -0.15) is 0 Å². The number of carbonyl (C=O) groups is 1. The SMILES string of the molecule is O=C([O-])c1nc2cc(F)ccc2n1CC1CCOCC1. The number of imidazole rings is 1. The molecule has 0 saturated carbocycles. The van der Waals surface area contributed by atoms with E-state index in [0.717, 1.165) is 12.8 Å². The Hall–Kier alpha value is -1.95. The number of aromatic carboxylic acids is 1. The molecule has 2 aromatic rings. The maximum Gasteiger partial charge on any atom is 0.156 e. The molecule has 0 bridgehead atoms. The standard InChI is InChI=1S/C14H15FN2O3/c15-10-1-2-12-11(7-10)16-13(14(18)19)17(12)8-9-3-5-20-6-4-9/h1-2,7,9H,3-6,8H2,(H,18,19)/p-1. The fraction of sp³-hybridized carbons (Fsp3) is 0.429. The molecule has 20 heavy (non-hydrogen) atoms. The van der Waals surface area contributed by atoms with Crippen LogP contribution in [0.4, 0.5) is 4.39 Å². The van der Waals surface area contributed by atoms with Gasteiger partial charge < -0.3 is 19.2 Å². The van der Waals surface area contributed by atoms with E-state index in [0.29, 0.717) is 36.7 Å². The van der Waals surface area contributed by atoms with E-state index in [2.05, 4.69) is 4.98 Å². The van der Waals surface area contributed by atoms with E-state index >= 15 is 0 Å². The summed E-state index contributed by atoms with van der Waals surface area (Å²) in [4.78, 5) is 15.2. The molecule has 0 spiro atoms. The van der Waals surface area contributed by atoms with Crippen LogP contribution in [-0.2, 0) is 11.3 Å². The smallest absolute Gasteiger partial charge is 0.156 e. The Kier molecular flexibility index (Phi) is 3.40. The molecular weight excluding hydrogens is 263 g/mol. The molecule has 0 atom stereocenters. The second-order valence-electron chi connectivity index (χ2n) is 5.02. The van der Waals surface area contributed by atoms with Crippen LogP contribution in [0.3, 0.4) is 0 Å². The molecule has 2 heterocycles. The maximum atomic E-state index is 13.2. The first-order valence-corrected chi connectivity index (χ1v) is 6.60. The minimum absolute atomic E-state index is 0.142. The summed E-state index contributed by atoms with van der Waals surface area (Å²) < 4.78 is 20.1. The number of benzene rings is 1. The molecule has 1 aliphatic rings. The largest absolute Gasteiger partial charge is 0.542 e. The summed E-state index contributed by atoms with van der Waals surface area (Å²) >= 11 is 0. The van der Waals surface area contributed by atoms with Crippen LogP contribution in [0.1, 0.15) is 23.5 Å². The lowest BCUT2D eigenvalue weighted by atomic mass is 10.0. The van der Waals surface area contributed by atoms with Crippen molar-refractivity contribution in [2.75, 3.05) is 13.2 Å². The number of halogens is 1. The van der Waals surface area contributed by atoms with E-state index in [9.17, 15) is 14.3 Å². The third-order valence-corrected chi connectivity index (χ3v) is 3.67. The van der Waals surface area contributed by atoms with Gasteiger partial charge in [-0.15, -0.1) is 0 Å². The van der Waals surface area contributed by atoms with Gasteiger partial charge in [0.15, 0.2) is 5.82 Å². The minimum atomic E-state index is -1.34. The number of carboxylic acid groups (broad SMARTS) is 1. The van der Waals surface area contributed by atoms with Gasteiger partial charge in [-0.1, -0.05) is 0 Å². The fourth-order valence-corrected chi connectivity index (χ4v) is 2.63. The quantitative estimate of drug-likeness (QED) is 0.838. The minimum Gasteiger partial charge on any atom is -0.542 e. The Bertz CT molecular complexity index is 647. The van der Waals surface area contributed by atoms with Crippen LogP contribution < -0.4 is 5.11 Å². The zero-order valence-corrected chi connectivity index (χ0v) is 10.8.